The van der Waals surface area contributed by atoms with Crippen LogP contribution in [0.15, 0.2) is 0 Å². The molecule has 0 N–H and O–H groups in total. The van der Waals surface area contributed by atoms with Gasteiger partial charge in [0.05, 0.1) is 0 Å². The Hall–Kier alpha value is 0. The van der Waals surface area contributed by atoms with E-state index in [4.69, 9.17) is 0 Å². The average Bonchev–Trinajstić information content (AvgIpc) is 2.67. The molecule has 2 fully saturated rings. The highest BCUT2D eigenvalue weighted by Crippen LogP contribution is 2.31. The molecule has 0 heterocycles. The fraction of sp³-hybridized carbons (Fsp3) is 1.00. The molecule has 0 atom stereocenters. The van der Waals surface area contributed by atoms with E-state index < -0.39 is 0 Å². The van der Waals surface area contributed by atoms with Gasteiger partial charge < -0.3 is 0 Å². The second-order valence-electron chi connectivity index (χ2n) is 4.06. The summed E-state index contributed by atoms with van der Waals surface area (Å²) in [4.78, 5) is 0. The third-order valence-electron chi connectivity index (χ3n) is 3.08. The predicted octanol–water partition coefficient (Wildman–Crippen LogP) is 4.00. The van der Waals surface area contributed by atoms with E-state index in [1.807, 2.05) is 0 Å². The van der Waals surface area contributed by atoms with E-state index in [1.54, 1.807) is 0 Å². The molecule has 11 heavy (non-hydrogen) atoms. The molecule has 0 bridgehead atoms. The molecule has 0 nitrogen and oxygen atoms in total. The van der Waals surface area contributed by atoms with Crippen molar-refractivity contribution in [1.29, 1.82) is 0 Å². The summed E-state index contributed by atoms with van der Waals surface area (Å²) in [5, 5.41) is 0. The highest BCUT2D eigenvalue weighted by atomic mass is 14.2. The van der Waals surface area contributed by atoms with Crippen LogP contribution in [-0.4, -0.2) is 0 Å². The van der Waals surface area contributed by atoms with E-state index in [0.717, 1.165) is 11.8 Å². The average molecular weight is 154 g/mol. The maximum Gasteiger partial charge on any atom is -0.0417 e. The van der Waals surface area contributed by atoms with Gasteiger partial charge >= 0.3 is 0 Å². The molecule has 0 aromatic carbocycles. The zero-order valence-corrected chi connectivity index (χ0v) is 8.10. The minimum Gasteiger partial charge on any atom is -0.0651 e. The second-order valence-corrected chi connectivity index (χ2v) is 4.06. The summed E-state index contributed by atoms with van der Waals surface area (Å²) in [6, 6.07) is 0. The van der Waals surface area contributed by atoms with Crippen LogP contribution in [0.5, 0.6) is 0 Å². The summed E-state index contributed by atoms with van der Waals surface area (Å²) in [5.41, 5.74) is 0. The van der Waals surface area contributed by atoms with Crippen molar-refractivity contribution in [2.45, 2.75) is 58.8 Å². The van der Waals surface area contributed by atoms with Crippen molar-refractivity contribution in [2.24, 2.45) is 11.8 Å². The molecular weight excluding hydrogens is 132 g/mol. The Kier molecular flexibility index (Phi) is 3.96. The normalized spacial score (nSPS) is 23.5. The lowest BCUT2D eigenvalue weighted by atomic mass is 9.84. The quantitative estimate of drug-likeness (QED) is 0.564. The van der Waals surface area contributed by atoms with Crippen LogP contribution in [0.25, 0.3) is 0 Å². The molecule has 2 aliphatic rings. The Bertz CT molecular complexity index is 85.5. The maximum absolute atomic E-state index is 2.28. The van der Waals surface area contributed by atoms with Crippen molar-refractivity contribution in [2.75, 3.05) is 0 Å². The van der Waals surface area contributed by atoms with E-state index in [-0.39, 0.29) is 0 Å². The summed E-state index contributed by atoms with van der Waals surface area (Å²) in [7, 11) is 0. The number of hydrogen-bond acceptors (Lipinski definition) is 0. The maximum atomic E-state index is 2.28. The Labute approximate surface area is 71.4 Å². The van der Waals surface area contributed by atoms with Gasteiger partial charge in [-0.15, -0.1) is 0 Å². The lowest BCUT2D eigenvalue weighted by molar-refractivity contribution is 0.307. The van der Waals surface area contributed by atoms with Crippen LogP contribution in [0.4, 0.5) is 0 Å². The van der Waals surface area contributed by atoms with E-state index in [9.17, 15) is 0 Å². The van der Waals surface area contributed by atoms with Gasteiger partial charge in [0.25, 0.3) is 0 Å². The topological polar surface area (TPSA) is 0 Å². The van der Waals surface area contributed by atoms with Gasteiger partial charge in [0.15, 0.2) is 0 Å². The van der Waals surface area contributed by atoms with Crippen molar-refractivity contribution in [3.05, 3.63) is 0 Å². The molecule has 0 aliphatic heterocycles. The van der Waals surface area contributed by atoms with Gasteiger partial charge in [-0.25, -0.2) is 0 Å². The van der Waals surface area contributed by atoms with Crippen LogP contribution in [0, 0.1) is 11.8 Å². The third kappa shape index (κ3) is 3.79. The smallest absolute Gasteiger partial charge is 0.0417 e. The fourth-order valence-electron chi connectivity index (χ4n) is 1.43. The molecule has 2 rings (SSSR count). The molecule has 0 spiro atoms. The Morgan fingerprint density at radius 1 is 0.818 bits per heavy atom. The van der Waals surface area contributed by atoms with Crippen LogP contribution < -0.4 is 0 Å². The number of rotatable bonds is 2. The standard InChI is InChI=1S/C6H12.C5H10/c1-2-6-4-3-5-6;1-2-5-3-4-5/h6H,2-5H2,1H3;5H,2-4H2,1H3. The van der Waals surface area contributed by atoms with Crippen LogP contribution in [0.3, 0.4) is 0 Å². The largest absolute Gasteiger partial charge is 0.0651 e. The molecule has 0 unspecified atom stereocenters. The Morgan fingerprint density at radius 3 is 1.27 bits per heavy atom. The van der Waals surface area contributed by atoms with E-state index in [1.165, 1.54) is 44.9 Å². The zero-order valence-electron chi connectivity index (χ0n) is 8.10. The summed E-state index contributed by atoms with van der Waals surface area (Å²) in [6.45, 7) is 4.54. The molecule has 0 aromatic rings. The van der Waals surface area contributed by atoms with Crippen LogP contribution >= 0.6 is 0 Å². The van der Waals surface area contributed by atoms with Gasteiger partial charge in [-0.3, -0.25) is 0 Å². The molecule has 2 saturated carbocycles. The lowest BCUT2D eigenvalue weighted by Gasteiger charge is -2.22. The Balaban J connectivity index is 0.000000112. The predicted molar refractivity (Wildman–Crippen MR) is 50.6 cm³/mol. The van der Waals surface area contributed by atoms with Crippen molar-refractivity contribution >= 4 is 0 Å². The summed E-state index contributed by atoms with van der Waals surface area (Å²) in [5.74, 6) is 2.25. The van der Waals surface area contributed by atoms with Crippen LogP contribution in [-0.2, 0) is 0 Å². The first-order valence-corrected chi connectivity index (χ1v) is 5.36. The van der Waals surface area contributed by atoms with Gasteiger partial charge in [-0.05, 0) is 11.8 Å². The van der Waals surface area contributed by atoms with Crippen molar-refractivity contribution in [3.63, 3.8) is 0 Å². The van der Waals surface area contributed by atoms with Gasteiger partial charge in [-0.2, -0.15) is 0 Å². The van der Waals surface area contributed by atoms with Gasteiger partial charge in [0.2, 0.25) is 0 Å². The van der Waals surface area contributed by atoms with Gasteiger partial charge in [0, 0.05) is 0 Å². The zero-order chi connectivity index (χ0) is 8.10. The van der Waals surface area contributed by atoms with Crippen LogP contribution in [0.2, 0.25) is 0 Å². The summed E-state index contributed by atoms with van der Waals surface area (Å²) < 4.78 is 0. The molecule has 0 heteroatoms. The molecule has 0 aromatic heterocycles. The first kappa shape index (κ1) is 9.09. The highest BCUT2D eigenvalue weighted by Gasteiger charge is 2.17. The molecule has 0 amide bonds. The minimum absolute atomic E-state index is 1.12. The van der Waals surface area contributed by atoms with Gasteiger partial charge in [0.1, 0.15) is 0 Å². The monoisotopic (exact) mass is 154 g/mol. The SMILES string of the molecule is CCC1CC1.CCC1CCC1. The Morgan fingerprint density at radius 2 is 1.27 bits per heavy atom. The van der Waals surface area contributed by atoms with Crippen molar-refractivity contribution in [1.82, 2.24) is 0 Å². The molecular formula is C11H22. The fourth-order valence-corrected chi connectivity index (χ4v) is 1.43. The van der Waals surface area contributed by atoms with Crippen molar-refractivity contribution < 1.29 is 0 Å². The van der Waals surface area contributed by atoms with Gasteiger partial charge in [-0.1, -0.05) is 58.8 Å². The highest BCUT2D eigenvalue weighted by molar-refractivity contribution is 4.69. The summed E-state index contributed by atoms with van der Waals surface area (Å²) in [6.07, 6.45) is 10.4. The first-order valence-electron chi connectivity index (χ1n) is 5.36. The summed E-state index contributed by atoms with van der Waals surface area (Å²) >= 11 is 0. The van der Waals surface area contributed by atoms with E-state index >= 15 is 0 Å². The molecule has 0 saturated heterocycles. The minimum atomic E-state index is 1.12. The molecule has 66 valence electrons. The second kappa shape index (κ2) is 4.79. The lowest BCUT2D eigenvalue weighted by Crippen LogP contribution is -2.08. The van der Waals surface area contributed by atoms with Crippen molar-refractivity contribution in [3.8, 4) is 0 Å². The number of hydrogen-bond donors (Lipinski definition) is 0. The first-order chi connectivity index (χ1) is 5.36. The molecule has 0 radical (unpaired) electrons. The van der Waals surface area contributed by atoms with E-state index in [0.29, 0.717) is 0 Å². The third-order valence-corrected chi connectivity index (χ3v) is 3.08. The van der Waals surface area contributed by atoms with Crippen LogP contribution in [0.1, 0.15) is 58.8 Å². The van der Waals surface area contributed by atoms with E-state index in [2.05, 4.69) is 13.8 Å². The molecule has 2 aliphatic carbocycles.